The van der Waals surface area contributed by atoms with Crippen LogP contribution in [0.4, 0.5) is 17.6 Å². The van der Waals surface area contributed by atoms with Gasteiger partial charge in [0.2, 0.25) is 5.91 Å². The molecule has 1 amide bonds. The van der Waals surface area contributed by atoms with E-state index in [9.17, 15) is 27.2 Å². The van der Waals surface area contributed by atoms with Crippen LogP contribution in [0.5, 0.6) is 0 Å². The van der Waals surface area contributed by atoms with Crippen molar-refractivity contribution in [3.05, 3.63) is 93.4 Å². The Morgan fingerprint density at radius 1 is 1.11 bits per heavy atom. The van der Waals surface area contributed by atoms with E-state index in [-0.39, 0.29) is 36.9 Å². The lowest BCUT2D eigenvalue weighted by Gasteiger charge is -2.36. The molecule has 0 radical (unpaired) electrons. The molecule has 4 rings (SSSR count). The van der Waals surface area contributed by atoms with Gasteiger partial charge in [-0.1, -0.05) is 36.0 Å². The van der Waals surface area contributed by atoms with Crippen molar-refractivity contribution in [1.29, 1.82) is 0 Å². The number of carbonyl (C=O) groups excluding carboxylic acids is 2. The summed E-state index contributed by atoms with van der Waals surface area (Å²) < 4.78 is 57.9. The Hall–Kier alpha value is -3.60. The van der Waals surface area contributed by atoms with Crippen molar-refractivity contribution in [2.45, 2.75) is 39.0 Å². The number of thioether (sulfide) groups is 1. The van der Waals surface area contributed by atoms with Crippen LogP contribution in [0.1, 0.15) is 43.0 Å². The van der Waals surface area contributed by atoms with E-state index in [0.717, 1.165) is 17.7 Å². The number of alkyl halides is 3. The summed E-state index contributed by atoms with van der Waals surface area (Å²) in [4.78, 5) is 31.9. The van der Waals surface area contributed by atoms with Gasteiger partial charge in [0.25, 0.3) is 0 Å². The maximum absolute atomic E-state index is 13.2. The van der Waals surface area contributed by atoms with Crippen molar-refractivity contribution in [3.8, 4) is 0 Å². The molecule has 1 atom stereocenters. The van der Waals surface area contributed by atoms with Crippen molar-refractivity contribution in [3.63, 3.8) is 0 Å². The standard InChI is InChI=1S/C26H23F4N3O3S/c1-3-36-24(35)22-15(2)32-25-33(23(22)17-6-8-18(9-7-17)26(28,29)30)20(14-37-25)12-21(34)31-13-16-4-10-19(27)11-5-16/h4-11,14,23H,3,12-13H2,1-2H3,(H,31,34). The number of amides is 1. The molecule has 11 heteroatoms. The monoisotopic (exact) mass is 533 g/mol. The van der Waals surface area contributed by atoms with E-state index in [1.807, 2.05) is 0 Å². The number of nitrogens with zero attached hydrogens (tertiary/aromatic N) is 2. The zero-order chi connectivity index (χ0) is 26.7. The summed E-state index contributed by atoms with van der Waals surface area (Å²) in [6.45, 7) is 3.59. The molecule has 2 aromatic rings. The first-order valence-electron chi connectivity index (χ1n) is 11.4. The lowest BCUT2D eigenvalue weighted by atomic mass is 9.93. The van der Waals surface area contributed by atoms with Crippen molar-refractivity contribution in [2.75, 3.05) is 6.61 Å². The second kappa shape index (κ2) is 10.8. The van der Waals surface area contributed by atoms with Gasteiger partial charge >= 0.3 is 12.1 Å². The van der Waals surface area contributed by atoms with Crippen LogP contribution >= 0.6 is 11.8 Å². The fourth-order valence-corrected chi connectivity index (χ4v) is 5.00. The summed E-state index contributed by atoms with van der Waals surface area (Å²) in [6.07, 6.45) is -4.58. The highest BCUT2D eigenvalue weighted by Gasteiger charge is 2.41. The summed E-state index contributed by atoms with van der Waals surface area (Å²) in [6, 6.07) is 9.45. The summed E-state index contributed by atoms with van der Waals surface area (Å²) in [7, 11) is 0. The Morgan fingerprint density at radius 3 is 2.41 bits per heavy atom. The quantitative estimate of drug-likeness (QED) is 0.366. The highest BCUT2D eigenvalue weighted by Crippen LogP contribution is 2.45. The van der Waals surface area contributed by atoms with Crippen molar-refractivity contribution in [1.82, 2.24) is 10.2 Å². The lowest BCUT2D eigenvalue weighted by Crippen LogP contribution is -2.38. The average Bonchev–Trinajstić information content (AvgIpc) is 3.24. The molecule has 1 unspecified atom stereocenters. The smallest absolute Gasteiger partial charge is 0.416 e. The van der Waals surface area contributed by atoms with E-state index in [1.165, 1.54) is 36.0 Å². The second-order valence-corrected chi connectivity index (χ2v) is 9.15. The summed E-state index contributed by atoms with van der Waals surface area (Å²) in [5.41, 5.74) is 1.42. The predicted molar refractivity (Wildman–Crippen MR) is 131 cm³/mol. The minimum atomic E-state index is -4.51. The number of carbonyl (C=O) groups is 2. The van der Waals surface area contributed by atoms with Crippen LogP contribution in [-0.4, -0.2) is 28.6 Å². The number of rotatable bonds is 7. The van der Waals surface area contributed by atoms with Crippen molar-refractivity contribution < 1.29 is 31.9 Å². The Morgan fingerprint density at radius 2 is 1.78 bits per heavy atom. The van der Waals surface area contributed by atoms with Gasteiger partial charge in [-0.2, -0.15) is 13.2 Å². The zero-order valence-corrected chi connectivity index (χ0v) is 20.8. The molecule has 0 spiro atoms. The van der Waals surface area contributed by atoms with Crippen molar-refractivity contribution >= 4 is 28.8 Å². The van der Waals surface area contributed by atoms with E-state index >= 15 is 0 Å². The van der Waals surface area contributed by atoms with Gasteiger partial charge in [-0.15, -0.1) is 0 Å². The lowest BCUT2D eigenvalue weighted by molar-refractivity contribution is -0.139. The number of halogens is 4. The maximum atomic E-state index is 13.2. The first-order valence-corrected chi connectivity index (χ1v) is 12.3. The number of allylic oxidation sites excluding steroid dienone is 1. The van der Waals surface area contributed by atoms with Crippen LogP contribution in [0.15, 0.2) is 75.9 Å². The molecule has 2 aliphatic rings. The van der Waals surface area contributed by atoms with E-state index in [4.69, 9.17) is 4.74 Å². The van der Waals surface area contributed by atoms with Gasteiger partial charge in [0.05, 0.1) is 35.9 Å². The molecule has 0 aromatic heterocycles. The van der Waals surface area contributed by atoms with Crippen LogP contribution in [0.25, 0.3) is 0 Å². The van der Waals surface area contributed by atoms with Gasteiger partial charge in [0.15, 0.2) is 5.17 Å². The van der Waals surface area contributed by atoms with Gasteiger partial charge in [0.1, 0.15) is 5.82 Å². The maximum Gasteiger partial charge on any atom is 0.416 e. The molecular weight excluding hydrogens is 510 g/mol. The van der Waals surface area contributed by atoms with Crippen LogP contribution in [-0.2, 0) is 27.0 Å². The second-order valence-electron chi connectivity index (χ2n) is 8.31. The number of ether oxygens (including phenoxy) is 1. The van der Waals surface area contributed by atoms with E-state index in [0.29, 0.717) is 22.1 Å². The van der Waals surface area contributed by atoms with Gasteiger partial charge < -0.3 is 15.0 Å². The molecule has 0 fully saturated rings. The van der Waals surface area contributed by atoms with Gasteiger partial charge in [0, 0.05) is 12.2 Å². The fraction of sp³-hybridized carbons (Fsp3) is 0.269. The van der Waals surface area contributed by atoms with Gasteiger partial charge in [-0.05, 0) is 54.6 Å². The molecule has 0 aliphatic carbocycles. The molecular formula is C26H23F4N3O3S. The number of hydrogen-bond donors (Lipinski definition) is 1. The first kappa shape index (κ1) is 26.5. The first-order chi connectivity index (χ1) is 17.6. The number of amidine groups is 1. The van der Waals surface area contributed by atoms with E-state index in [1.54, 1.807) is 36.3 Å². The number of hydrogen-bond acceptors (Lipinski definition) is 6. The van der Waals surface area contributed by atoms with Crippen LogP contribution in [0.2, 0.25) is 0 Å². The highest BCUT2D eigenvalue weighted by molar-refractivity contribution is 8.16. The molecule has 0 bridgehead atoms. The third kappa shape index (κ3) is 5.87. The average molecular weight is 534 g/mol. The molecule has 2 aliphatic heterocycles. The zero-order valence-electron chi connectivity index (χ0n) is 19.9. The number of esters is 1. The van der Waals surface area contributed by atoms with Gasteiger partial charge in [-0.25, -0.2) is 14.2 Å². The van der Waals surface area contributed by atoms with Crippen LogP contribution in [0, 0.1) is 5.82 Å². The highest BCUT2D eigenvalue weighted by atomic mass is 32.2. The van der Waals surface area contributed by atoms with E-state index in [2.05, 4.69) is 10.3 Å². The molecule has 194 valence electrons. The predicted octanol–water partition coefficient (Wildman–Crippen LogP) is 5.69. The molecule has 0 saturated heterocycles. The topological polar surface area (TPSA) is 71.0 Å². The minimum absolute atomic E-state index is 0.0699. The number of aliphatic imine (C=N–C) groups is 1. The Kier molecular flexibility index (Phi) is 7.72. The Balaban J connectivity index is 1.61. The molecule has 0 saturated carbocycles. The number of nitrogens with one attached hydrogen (secondary N) is 1. The molecule has 6 nitrogen and oxygen atoms in total. The van der Waals surface area contributed by atoms with E-state index < -0.39 is 23.8 Å². The third-order valence-corrected chi connectivity index (χ3v) is 6.68. The summed E-state index contributed by atoms with van der Waals surface area (Å²) >= 11 is 1.26. The largest absolute Gasteiger partial charge is 0.463 e. The van der Waals surface area contributed by atoms with Crippen LogP contribution in [0.3, 0.4) is 0 Å². The number of benzene rings is 2. The normalized spacial score (nSPS) is 17.2. The Bertz CT molecular complexity index is 1290. The molecule has 1 N–H and O–H groups in total. The third-order valence-electron chi connectivity index (χ3n) is 5.79. The summed E-state index contributed by atoms with van der Waals surface area (Å²) in [5, 5.41) is 5.00. The molecule has 37 heavy (non-hydrogen) atoms. The SMILES string of the molecule is CCOC(=O)C1=C(C)N=C2SC=C(CC(=O)NCc3ccc(F)cc3)N2C1c1ccc(C(F)(F)F)cc1. The van der Waals surface area contributed by atoms with Gasteiger partial charge in [-0.3, -0.25) is 4.79 Å². The minimum Gasteiger partial charge on any atom is -0.463 e. The fourth-order valence-electron chi connectivity index (χ4n) is 4.04. The molecule has 2 aromatic carbocycles. The summed E-state index contributed by atoms with van der Waals surface area (Å²) in [5.74, 6) is -1.34. The number of fused-ring (bicyclic) bond motifs is 1. The van der Waals surface area contributed by atoms with Crippen LogP contribution < -0.4 is 5.32 Å². The van der Waals surface area contributed by atoms with Crippen molar-refractivity contribution in [2.24, 2.45) is 4.99 Å². The molecule has 2 heterocycles. The Labute approximate surface area is 215 Å².